The van der Waals surface area contributed by atoms with Crippen molar-refractivity contribution in [3.8, 4) is 17.0 Å². The summed E-state index contributed by atoms with van der Waals surface area (Å²) in [6.07, 6.45) is -0.519. The number of nitrogens with one attached hydrogen (secondary N) is 1. The van der Waals surface area contributed by atoms with Gasteiger partial charge in [-0.1, -0.05) is 42.5 Å². The number of hydrogen-bond donors (Lipinski definition) is 2. The fourth-order valence-electron chi connectivity index (χ4n) is 3.64. The average Bonchev–Trinajstić information content (AvgIpc) is 3.05. The number of nitrogens with two attached hydrogens (primary N) is 1. The standard InChI is InChI=1S/C24H23N3O3/c1-29-19-11-12-20-21(14-19)27(15-16-7-4-3-5-8-16)23(22(20)25)17-9-6-10-18(13-17)26-24(28)30-2/h3-14H,15,25H2,1-2H3,(H,26,28). The molecule has 3 aromatic carbocycles. The largest absolute Gasteiger partial charge is 0.497 e. The van der Waals surface area contributed by atoms with Crippen LogP contribution in [0.2, 0.25) is 0 Å². The number of amides is 1. The van der Waals surface area contributed by atoms with Gasteiger partial charge in [-0.05, 0) is 29.8 Å². The second kappa shape index (κ2) is 8.21. The summed E-state index contributed by atoms with van der Waals surface area (Å²) < 4.78 is 12.3. The molecule has 4 rings (SSSR count). The number of ether oxygens (including phenoxy) is 2. The first-order chi connectivity index (χ1) is 14.6. The van der Waals surface area contributed by atoms with E-state index in [1.807, 2.05) is 60.7 Å². The lowest BCUT2D eigenvalue weighted by Gasteiger charge is -2.13. The Morgan fingerprint density at radius 3 is 2.53 bits per heavy atom. The van der Waals surface area contributed by atoms with Gasteiger partial charge in [-0.3, -0.25) is 5.32 Å². The predicted molar refractivity (Wildman–Crippen MR) is 120 cm³/mol. The number of carbonyl (C=O) groups is 1. The first-order valence-corrected chi connectivity index (χ1v) is 9.55. The molecule has 6 nitrogen and oxygen atoms in total. The van der Waals surface area contributed by atoms with Crippen LogP contribution in [-0.2, 0) is 11.3 Å². The molecule has 1 aromatic heterocycles. The van der Waals surface area contributed by atoms with Gasteiger partial charge in [0, 0.05) is 29.2 Å². The van der Waals surface area contributed by atoms with Crippen molar-refractivity contribution in [1.82, 2.24) is 4.57 Å². The van der Waals surface area contributed by atoms with E-state index in [9.17, 15) is 4.79 Å². The summed E-state index contributed by atoms with van der Waals surface area (Å²) in [7, 11) is 2.99. The van der Waals surface area contributed by atoms with Crippen molar-refractivity contribution >= 4 is 28.4 Å². The third-order valence-corrected chi connectivity index (χ3v) is 5.06. The zero-order valence-corrected chi connectivity index (χ0v) is 16.9. The highest BCUT2D eigenvalue weighted by Crippen LogP contribution is 2.38. The summed E-state index contributed by atoms with van der Waals surface area (Å²) >= 11 is 0. The third-order valence-electron chi connectivity index (χ3n) is 5.06. The van der Waals surface area contributed by atoms with Crippen molar-refractivity contribution in [3.63, 3.8) is 0 Å². The molecule has 0 aliphatic rings. The Bertz CT molecular complexity index is 1200. The maximum absolute atomic E-state index is 11.6. The number of benzene rings is 3. The van der Waals surface area contributed by atoms with Crippen LogP contribution in [-0.4, -0.2) is 24.9 Å². The fourth-order valence-corrected chi connectivity index (χ4v) is 3.64. The van der Waals surface area contributed by atoms with E-state index in [1.54, 1.807) is 7.11 Å². The summed E-state index contributed by atoms with van der Waals surface area (Å²) in [5.74, 6) is 0.766. The average molecular weight is 401 g/mol. The summed E-state index contributed by atoms with van der Waals surface area (Å²) in [5.41, 5.74) is 11.9. The monoisotopic (exact) mass is 401 g/mol. The van der Waals surface area contributed by atoms with E-state index in [4.69, 9.17) is 15.2 Å². The van der Waals surface area contributed by atoms with Crippen molar-refractivity contribution in [3.05, 3.63) is 78.4 Å². The molecule has 0 aliphatic carbocycles. The molecule has 0 spiro atoms. The molecule has 0 unspecified atom stereocenters. The van der Waals surface area contributed by atoms with Crippen LogP contribution in [0.5, 0.6) is 5.75 Å². The van der Waals surface area contributed by atoms with Gasteiger partial charge in [0.1, 0.15) is 5.75 Å². The molecular formula is C24H23N3O3. The maximum atomic E-state index is 11.6. The second-order valence-electron chi connectivity index (χ2n) is 6.91. The quantitative estimate of drug-likeness (QED) is 0.486. The Hall–Kier alpha value is -3.93. The molecule has 6 heteroatoms. The molecule has 0 bridgehead atoms. The maximum Gasteiger partial charge on any atom is 0.411 e. The number of hydrogen-bond acceptors (Lipinski definition) is 4. The van der Waals surface area contributed by atoms with E-state index >= 15 is 0 Å². The molecule has 3 N–H and O–H groups in total. The summed E-state index contributed by atoms with van der Waals surface area (Å²) in [6, 6.07) is 23.6. The number of anilines is 2. The molecule has 0 radical (unpaired) electrons. The van der Waals surface area contributed by atoms with Gasteiger partial charge in [0.05, 0.1) is 31.1 Å². The smallest absolute Gasteiger partial charge is 0.411 e. The molecule has 152 valence electrons. The highest BCUT2D eigenvalue weighted by atomic mass is 16.5. The number of fused-ring (bicyclic) bond motifs is 1. The number of carbonyl (C=O) groups excluding carboxylic acids is 1. The predicted octanol–water partition coefficient (Wildman–Crippen LogP) is 5.13. The van der Waals surface area contributed by atoms with Crippen LogP contribution in [0.25, 0.3) is 22.2 Å². The first-order valence-electron chi connectivity index (χ1n) is 9.55. The molecule has 0 saturated carbocycles. The van der Waals surface area contributed by atoms with E-state index in [0.717, 1.165) is 33.5 Å². The van der Waals surface area contributed by atoms with Gasteiger partial charge in [0.2, 0.25) is 0 Å². The SMILES string of the molecule is COC(=O)Nc1cccc(-c2c(N)c3ccc(OC)cc3n2Cc2ccccc2)c1. The topological polar surface area (TPSA) is 78.5 Å². The number of nitrogens with zero attached hydrogens (tertiary/aromatic N) is 1. The van der Waals surface area contributed by atoms with Crippen LogP contribution in [0.3, 0.4) is 0 Å². The van der Waals surface area contributed by atoms with Crippen LogP contribution in [0.4, 0.5) is 16.2 Å². The normalized spacial score (nSPS) is 10.7. The van der Waals surface area contributed by atoms with Gasteiger partial charge in [0.25, 0.3) is 0 Å². The lowest BCUT2D eigenvalue weighted by molar-refractivity contribution is 0.187. The van der Waals surface area contributed by atoms with Crippen molar-refractivity contribution in [2.45, 2.75) is 6.54 Å². The van der Waals surface area contributed by atoms with E-state index < -0.39 is 6.09 Å². The Morgan fingerprint density at radius 2 is 1.80 bits per heavy atom. The second-order valence-corrected chi connectivity index (χ2v) is 6.91. The Labute approximate surface area is 174 Å². The van der Waals surface area contributed by atoms with Crippen molar-refractivity contribution in [2.24, 2.45) is 0 Å². The molecule has 0 fully saturated rings. The first kappa shape index (κ1) is 19.4. The van der Waals surface area contributed by atoms with E-state index in [2.05, 4.69) is 22.0 Å². The number of rotatable bonds is 5. The minimum absolute atomic E-state index is 0.519. The van der Waals surface area contributed by atoms with Crippen LogP contribution in [0.1, 0.15) is 5.56 Å². The summed E-state index contributed by atoms with van der Waals surface area (Å²) in [5, 5.41) is 3.66. The minimum Gasteiger partial charge on any atom is -0.497 e. The molecule has 0 saturated heterocycles. The van der Waals surface area contributed by atoms with Gasteiger partial charge in [0.15, 0.2) is 0 Å². The highest BCUT2D eigenvalue weighted by molar-refractivity contribution is 6.02. The summed E-state index contributed by atoms with van der Waals surface area (Å²) in [4.78, 5) is 11.6. The Balaban J connectivity index is 1.90. The van der Waals surface area contributed by atoms with Crippen molar-refractivity contribution in [2.75, 3.05) is 25.3 Å². The lowest BCUT2D eigenvalue weighted by Crippen LogP contribution is -2.11. The molecule has 1 heterocycles. The van der Waals surface area contributed by atoms with Crippen LogP contribution in [0.15, 0.2) is 72.8 Å². The molecular weight excluding hydrogens is 378 g/mol. The van der Waals surface area contributed by atoms with Crippen LogP contribution >= 0.6 is 0 Å². The third kappa shape index (κ3) is 3.67. The van der Waals surface area contributed by atoms with Gasteiger partial charge in [-0.2, -0.15) is 0 Å². The van der Waals surface area contributed by atoms with Crippen LogP contribution in [0, 0.1) is 0 Å². The minimum atomic E-state index is -0.519. The van der Waals surface area contributed by atoms with Gasteiger partial charge in [-0.15, -0.1) is 0 Å². The van der Waals surface area contributed by atoms with E-state index in [1.165, 1.54) is 7.11 Å². The number of methoxy groups -OCH3 is 2. The van der Waals surface area contributed by atoms with Gasteiger partial charge in [-0.25, -0.2) is 4.79 Å². The van der Waals surface area contributed by atoms with Crippen molar-refractivity contribution < 1.29 is 14.3 Å². The van der Waals surface area contributed by atoms with E-state index in [-0.39, 0.29) is 0 Å². The zero-order valence-electron chi connectivity index (χ0n) is 16.9. The Morgan fingerprint density at radius 1 is 1.00 bits per heavy atom. The lowest BCUT2D eigenvalue weighted by atomic mass is 10.1. The molecule has 30 heavy (non-hydrogen) atoms. The number of nitrogen functional groups attached to an aromatic ring is 1. The van der Waals surface area contributed by atoms with E-state index in [0.29, 0.717) is 17.9 Å². The molecule has 1 amide bonds. The number of aromatic nitrogens is 1. The zero-order chi connectivity index (χ0) is 21.1. The van der Waals surface area contributed by atoms with Crippen molar-refractivity contribution in [1.29, 1.82) is 0 Å². The molecule has 0 atom stereocenters. The Kier molecular flexibility index (Phi) is 5.30. The molecule has 4 aromatic rings. The molecule has 0 aliphatic heterocycles. The fraction of sp³-hybridized carbons (Fsp3) is 0.125. The van der Waals surface area contributed by atoms with Crippen LogP contribution < -0.4 is 15.8 Å². The highest BCUT2D eigenvalue weighted by Gasteiger charge is 2.18. The van der Waals surface area contributed by atoms with Gasteiger partial charge < -0.3 is 19.8 Å². The van der Waals surface area contributed by atoms with Gasteiger partial charge >= 0.3 is 6.09 Å². The summed E-state index contributed by atoms with van der Waals surface area (Å²) in [6.45, 7) is 0.645.